The van der Waals surface area contributed by atoms with Crippen LogP contribution in [-0.2, 0) is 4.79 Å². The van der Waals surface area contributed by atoms with Crippen molar-refractivity contribution in [1.82, 2.24) is 21.3 Å². The zero-order valence-electron chi connectivity index (χ0n) is 8.22. The van der Waals surface area contributed by atoms with E-state index < -0.39 is 6.29 Å². The van der Waals surface area contributed by atoms with E-state index in [1.165, 1.54) is 0 Å². The quantitative estimate of drug-likeness (QED) is 0.312. The molecule has 2 aliphatic heterocycles. The molecule has 0 aromatic rings. The van der Waals surface area contributed by atoms with Crippen molar-refractivity contribution in [3.05, 3.63) is 11.5 Å². The van der Waals surface area contributed by atoms with Gasteiger partial charge in [-0.15, -0.1) is 0 Å². The molecule has 0 saturated heterocycles. The van der Waals surface area contributed by atoms with Crippen molar-refractivity contribution < 1.29 is 4.79 Å². The van der Waals surface area contributed by atoms with Gasteiger partial charge in [-0.05, 0) is 13.8 Å². The molecule has 14 heavy (non-hydrogen) atoms. The molecule has 0 aromatic carbocycles. The van der Waals surface area contributed by atoms with E-state index in [4.69, 9.17) is 5.73 Å². The van der Waals surface area contributed by atoms with Gasteiger partial charge < -0.3 is 21.3 Å². The fraction of sp³-hybridized carbons (Fsp3) is 0.625. The Morgan fingerprint density at radius 2 is 1.71 bits per heavy atom. The maximum atomic E-state index is 11.5. The van der Waals surface area contributed by atoms with Crippen molar-refractivity contribution in [1.29, 1.82) is 0 Å². The van der Waals surface area contributed by atoms with Crippen LogP contribution < -0.4 is 27.0 Å². The molecule has 2 rings (SSSR count). The number of hydrogen-bond donors (Lipinski definition) is 5. The molecule has 6 N–H and O–H groups in total. The maximum absolute atomic E-state index is 11.5. The fourth-order valence-electron chi connectivity index (χ4n) is 1.55. The largest absolute Gasteiger partial charge is 0.373 e. The number of rotatable bonds is 0. The summed E-state index contributed by atoms with van der Waals surface area (Å²) in [6, 6.07) is 0.481. The van der Waals surface area contributed by atoms with Gasteiger partial charge in [-0.25, -0.2) is 0 Å². The number of nitrogens with two attached hydrogens (primary N) is 1. The summed E-state index contributed by atoms with van der Waals surface area (Å²) in [4.78, 5) is 11.5. The molecule has 1 amide bonds. The van der Waals surface area contributed by atoms with Crippen molar-refractivity contribution in [2.75, 3.05) is 0 Å². The third-order valence-corrected chi connectivity index (χ3v) is 2.56. The van der Waals surface area contributed by atoms with Crippen molar-refractivity contribution in [3.63, 3.8) is 0 Å². The van der Waals surface area contributed by atoms with Crippen molar-refractivity contribution in [3.8, 4) is 0 Å². The van der Waals surface area contributed by atoms with E-state index in [1.807, 2.05) is 13.8 Å². The Kier molecular flexibility index (Phi) is 1.99. The minimum absolute atomic E-state index is 0.169. The molecule has 2 aliphatic rings. The monoisotopic (exact) mass is 197 g/mol. The third kappa shape index (κ3) is 1.37. The van der Waals surface area contributed by atoms with Crippen LogP contribution in [0.25, 0.3) is 0 Å². The summed E-state index contributed by atoms with van der Waals surface area (Å²) < 4.78 is 0. The Bertz CT molecular complexity index is 300. The number of carbonyl (C=O) groups excluding carboxylic acids is 1. The molecule has 0 aromatic heterocycles. The second-order valence-electron chi connectivity index (χ2n) is 3.71. The molecule has 0 saturated carbocycles. The van der Waals surface area contributed by atoms with Gasteiger partial charge in [0.05, 0.1) is 0 Å². The summed E-state index contributed by atoms with van der Waals surface area (Å²) in [7, 11) is 0. The summed E-state index contributed by atoms with van der Waals surface area (Å²) in [6.07, 6.45) is -0.517. The third-order valence-electron chi connectivity index (χ3n) is 2.56. The lowest BCUT2D eigenvalue weighted by atomic mass is 10.1. The predicted octanol–water partition coefficient (Wildman–Crippen LogP) is -1.91. The van der Waals surface area contributed by atoms with E-state index in [9.17, 15) is 4.79 Å². The van der Waals surface area contributed by atoms with Gasteiger partial charge in [0, 0.05) is 12.1 Å². The topological polar surface area (TPSA) is 91.2 Å². The van der Waals surface area contributed by atoms with Gasteiger partial charge in [-0.3, -0.25) is 10.5 Å². The molecule has 0 aliphatic carbocycles. The Morgan fingerprint density at radius 3 is 2.43 bits per heavy atom. The van der Waals surface area contributed by atoms with Crippen LogP contribution in [0.2, 0.25) is 0 Å². The molecule has 78 valence electrons. The lowest BCUT2D eigenvalue weighted by Crippen LogP contribution is -2.64. The molecule has 3 atom stereocenters. The highest BCUT2D eigenvalue weighted by Gasteiger charge is 2.31. The number of amides is 1. The SMILES string of the molecule is CC1NC2=C(NC1C)C(=O)NC(N)N2. The van der Waals surface area contributed by atoms with Crippen LogP contribution in [0, 0.1) is 0 Å². The van der Waals surface area contributed by atoms with E-state index >= 15 is 0 Å². The smallest absolute Gasteiger partial charge is 0.273 e. The second-order valence-corrected chi connectivity index (χ2v) is 3.71. The number of nitrogens with one attached hydrogen (secondary N) is 4. The minimum atomic E-state index is -0.517. The Labute approximate surface area is 82.3 Å². The predicted molar refractivity (Wildman–Crippen MR) is 51.5 cm³/mol. The van der Waals surface area contributed by atoms with Crippen molar-refractivity contribution in [2.45, 2.75) is 32.2 Å². The summed E-state index contributed by atoms with van der Waals surface area (Å²) >= 11 is 0. The average Bonchev–Trinajstić information content (AvgIpc) is 2.08. The van der Waals surface area contributed by atoms with Crippen molar-refractivity contribution in [2.24, 2.45) is 5.73 Å². The molecule has 0 bridgehead atoms. The first-order valence-electron chi connectivity index (χ1n) is 4.68. The van der Waals surface area contributed by atoms with Crippen LogP contribution in [-0.4, -0.2) is 24.3 Å². The Hall–Kier alpha value is -1.43. The van der Waals surface area contributed by atoms with Gasteiger partial charge in [-0.2, -0.15) is 0 Å². The molecule has 6 heteroatoms. The highest BCUT2D eigenvalue weighted by Crippen LogP contribution is 2.11. The maximum Gasteiger partial charge on any atom is 0.273 e. The van der Waals surface area contributed by atoms with Crippen LogP contribution in [0.3, 0.4) is 0 Å². The van der Waals surface area contributed by atoms with Gasteiger partial charge in [0.2, 0.25) is 0 Å². The molecular weight excluding hydrogens is 182 g/mol. The van der Waals surface area contributed by atoms with Gasteiger partial charge in [-0.1, -0.05) is 0 Å². The second kappa shape index (κ2) is 3.06. The molecule has 0 radical (unpaired) electrons. The fourth-order valence-corrected chi connectivity index (χ4v) is 1.55. The number of carbonyl (C=O) groups is 1. The minimum Gasteiger partial charge on any atom is -0.373 e. The standard InChI is InChI=1S/C8H15N5O/c1-3-4(2)11-6-5(10-3)7(14)13-8(9)12-6/h3-4,8,10-12H,9H2,1-2H3,(H,13,14). The van der Waals surface area contributed by atoms with Gasteiger partial charge in [0.15, 0.2) is 6.29 Å². The van der Waals surface area contributed by atoms with Gasteiger partial charge in [0.25, 0.3) is 5.91 Å². The van der Waals surface area contributed by atoms with Crippen LogP contribution in [0.15, 0.2) is 11.5 Å². The van der Waals surface area contributed by atoms with E-state index in [0.29, 0.717) is 11.5 Å². The normalized spacial score (nSPS) is 36.2. The zero-order valence-corrected chi connectivity index (χ0v) is 8.22. The van der Waals surface area contributed by atoms with Crippen molar-refractivity contribution >= 4 is 5.91 Å². The van der Waals surface area contributed by atoms with Crippen LogP contribution in [0.1, 0.15) is 13.8 Å². The molecule has 0 fully saturated rings. The lowest BCUT2D eigenvalue weighted by Gasteiger charge is -2.37. The van der Waals surface area contributed by atoms with Gasteiger partial charge >= 0.3 is 0 Å². The van der Waals surface area contributed by atoms with Crippen LogP contribution in [0.5, 0.6) is 0 Å². The summed E-state index contributed by atoms with van der Waals surface area (Å²) in [5, 5.41) is 11.9. The average molecular weight is 197 g/mol. The first-order chi connectivity index (χ1) is 6.58. The zero-order chi connectivity index (χ0) is 10.3. The lowest BCUT2D eigenvalue weighted by molar-refractivity contribution is -0.119. The first-order valence-corrected chi connectivity index (χ1v) is 4.68. The van der Waals surface area contributed by atoms with E-state index in [2.05, 4.69) is 21.3 Å². The number of hydrogen-bond acceptors (Lipinski definition) is 5. The highest BCUT2D eigenvalue weighted by molar-refractivity contribution is 5.94. The first kappa shape index (κ1) is 9.14. The highest BCUT2D eigenvalue weighted by atomic mass is 16.2. The van der Waals surface area contributed by atoms with Crippen LogP contribution in [0.4, 0.5) is 0 Å². The van der Waals surface area contributed by atoms with Crippen LogP contribution >= 0.6 is 0 Å². The molecule has 3 unspecified atom stereocenters. The summed E-state index contributed by atoms with van der Waals surface area (Å²) in [6.45, 7) is 4.06. The Balaban J connectivity index is 2.27. The summed E-state index contributed by atoms with van der Waals surface area (Å²) in [5.41, 5.74) is 6.11. The molecule has 6 nitrogen and oxygen atoms in total. The van der Waals surface area contributed by atoms with Gasteiger partial charge in [0.1, 0.15) is 11.5 Å². The summed E-state index contributed by atoms with van der Waals surface area (Å²) in [5.74, 6) is 0.518. The van der Waals surface area contributed by atoms with E-state index in [1.54, 1.807) is 0 Å². The molecular formula is C8H15N5O. The Morgan fingerprint density at radius 1 is 1.07 bits per heavy atom. The molecule has 2 heterocycles. The van der Waals surface area contributed by atoms with E-state index in [0.717, 1.165) is 0 Å². The van der Waals surface area contributed by atoms with E-state index in [-0.39, 0.29) is 18.0 Å². The molecule has 0 spiro atoms.